The van der Waals surface area contributed by atoms with E-state index < -0.39 is 0 Å². The van der Waals surface area contributed by atoms with E-state index in [0.29, 0.717) is 17.2 Å². The van der Waals surface area contributed by atoms with E-state index >= 15 is 0 Å². The maximum absolute atomic E-state index is 12.2. The maximum Gasteiger partial charge on any atom is 0.257 e. The topological polar surface area (TPSA) is 59.2 Å². The molecule has 1 fully saturated rings. The quantitative estimate of drug-likeness (QED) is 0.891. The highest BCUT2D eigenvalue weighted by molar-refractivity contribution is 5.98. The number of hydrogen-bond acceptors (Lipinski definition) is 3. The molecule has 1 aromatic heterocycles. The number of rotatable bonds is 3. The van der Waals surface area contributed by atoms with Crippen LogP contribution in [0.2, 0.25) is 0 Å². The summed E-state index contributed by atoms with van der Waals surface area (Å²) in [5, 5.41) is 0. The molecule has 0 atom stereocenters. The zero-order valence-corrected chi connectivity index (χ0v) is 10.9. The van der Waals surface area contributed by atoms with Gasteiger partial charge in [-0.1, -0.05) is 19.3 Å². The van der Waals surface area contributed by atoms with E-state index in [1.807, 2.05) is 7.05 Å². The molecule has 1 heterocycles. The predicted molar refractivity (Wildman–Crippen MR) is 72.2 cm³/mol. The predicted octanol–water partition coefficient (Wildman–Crippen LogP) is 2.32. The molecule has 1 aromatic rings. The summed E-state index contributed by atoms with van der Waals surface area (Å²) in [6.45, 7) is 0.827. The van der Waals surface area contributed by atoms with Crippen molar-refractivity contribution in [3.05, 3.63) is 24.0 Å². The zero-order valence-electron chi connectivity index (χ0n) is 10.9. The first-order valence-electron chi connectivity index (χ1n) is 6.63. The molecule has 4 nitrogen and oxygen atoms in total. The lowest BCUT2D eigenvalue weighted by Crippen LogP contribution is -2.33. The van der Waals surface area contributed by atoms with Crippen molar-refractivity contribution in [1.29, 1.82) is 0 Å². The fourth-order valence-electron chi connectivity index (χ4n) is 2.63. The summed E-state index contributed by atoms with van der Waals surface area (Å²) in [6, 6.07) is 1.67. The third kappa shape index (κ3) is 3.00. The Morgan fingerprint density at radius 3 is 2.83 bits per heavy atom. The second-order valence-corrected chi connectivity index (χ2v) is 5.15. The number of carbonyl (C=O) groups is 1. The molecule has 1 aliphatic carbocycles. The van der Waals surface area contributed by atoms with Gasteiger partial charge in [-0.05, 0) is 24.8 Å². The van der Waals surface area contributed by atoms with E-state index in [2.05, 4.69) is 4.98 Å². The van der Waals surface area contributed by atoms with Gasteiger partial charge in [-0.2, -0.15) is 0 Å². The van der Waals surface area contributed by atoms with Crippen molar-refractivity contribution in [2.45, 2.75) is 32.1 Å². The van der Waals surface area contributed by atoms with Crippen LogP contribution in [0.4, 0.5) is 5.69 Å². The number of nitrogens with two attached hydrogens (primary N) is 1. The Hall–Kier alpha value is -1.58. The molecular formula is C14H21N3O. The van der Waals surface area contributed by atoms with Crippen LogP contribution in [0.5, 0.6) is 0 Å². The summed E-state index contributed by atoms with van der Waals surface area (Å²) in [6.07, 6.45) is 9.55. The number of pyridine rings is 1. The number of amides is 1. The van der Waals surface area contributed by atoms with Crippen LogP contribution in [0, 0.1) is 5.92 Å². The normalized spacial score (nSPS) is 16.5. The van der Waals surface area contributed by atoms with Crippen molar-refractivity contribution in [2.75, 3.05) is 19.3 Å². The van der Waals surface area contributed by atoms with Crippen molar-refractivity contribution >= 4 is 11.6 Å². The number of anilines is 1. The molecule has 0 spiro atoms. The zero-order chi connectivity index (χ0) is 13.0. The van der Waals surface area contributed by atoms with E-state index in [1.54, 1.807) is 23.4 Å². The second kappa shape index (κ2) is 5.85. The Balaban J connectivity index is 1.98. The Morgan fingerprint density at radius 1 is 1.44 bits per heavy atom. The van der Waals surface area contributed by atoms with Crippen LogP contribution in [0.25, 0.3) is 0 Å². The number of aromatic nitrogens is 1. The maximum atomic E-state index is 12.2. The molecule has 0 saturated heterocycles. The van der Waals surface area contributed by atoms with Crippen molar-refractivity contribution in [3.63, 3.8) is 0 Å². The summed E-state index contributed by atoms with van der Waals surface area (Å²) < 4.78 is 0. The van der Waals surface area contributed by atoms with Gasteiger partial charge in [-0.3, -0.25) is 9.78 Å². The van der Waals surface area contributed by atoms with Gasteiger partial charge in [0.1, 0.15) is 0 Å². The van der Waals surface area contributed by atoms with Gasteiger partial charge in [0.05, 0.1) is 5.56 Å². The Kier molecular flexibility index (Phi) is 4.18. The van der Waals surface area contributed by atoms with Gasteiger partial charge >= 0.3 is 0 Å². The summed E-state index contributed by atoms with van der Waals surface area (Å²) in [5.41, 5.74) is 6.82. The number of nitrogens with zero attached hydrogens (tertiary/aromatic N) is 2. The van der Waals surface area contributed by atoms with Crippen LogP contribution < -0.4 is 5.73 Å². The van der Waals surface area contributed by atoms with Gasteiger partial charge in [0.2, 0.25) is 0 Å². The van der Waals surface area contributed by atoms with Gasteiger partial charge in [-0.25, -0.2) is 0 Å². The molecule has 18 heavy (non-hydrogen) atoms. The fraction of sp³-hybridized carbons (Fsp3) is 0.571. The fourth-order valence-corrected chi connectivity index (χ4v) is 2.63. The molecule has 98 valence electrons. The summed E-state index contributed by atoms with van der Waals surface area (Å²) in [7, 11) is 1.85. The van der Waals surface area contributed by atoms with Gasteiger partial charge < -0.3 is 10.6 Å². The first-order chi connectivity index (χ1) is 8.68. The van der Waals surface area contributed by atoms with Crippen LogP contribution in [-0.4, -0.2) is 29.4 Å². The van der Waals surface area contributed by atoms with Crippen LogP contribution in [0.1, 0.15) is 42.5 Å². The minimum absolute atomic E-state index is 0.0221. The third-order valence-electron chi connectivity index (χ3n) is 3.69. The van der Waals surface area contributed by atoms with Crippen LogP contribution in [0.3, 0.4) is 0 Å². The first kappa shape index (κ1) is 12.9. The third-order valence-corrected chi connectivity index (χ3v) is 3.69. The molecule has 2 N–H and O–H groups in total. The molecule has 1 aliphatic rings. The highest BCUT2D eigenvalue weighted by atomic mass is 16.2. The number of carbonyl (C=O) groups excluding carboxylic acids is 1. The molecule has 0 aliphatic heterocycles. The Morgan fingerprint density at radius 2 is 2.17 bits per heavy atom. The van der Waals surface area contributed by atoms with Crippen LogP contribution >= 0.6 is 0 Å². The molecule has 1 saturated carbocycles. The number of nitrogen functional groups attached to an aromatic ring is 1. The van der Waals surface area contributed by atoms with Crippen molar-refractivity contribution in [1.82, 2.24) is 9.88 Å². The van der Waals surface area contributed by atoms with Crippen molar-refractivity contribution in [2.24, 2.45) is 5.92 Å². The minimum Gasteiger partial charge on any atom is -0.398 e. The van der Waals surface area contributed by atoms with E-state index in [0.717, 1.165) is 6.54 Å². The second-order valence-electron chi connectivity index (χ2n) is 5.15. The highest BCUT2D eigenvalue weighted by Crippen LogP contribution is 2.24. The van der Waals surface area contributed by atoms with Crippen LogP contribution in [-0.2, 0) is 0 Å². The average molecular weight is 247 g/mol. The smallest absolute Gasteiger partial charge is 0.257 e. The Bertz CT molecular complexity index is 413. The summed E-state index contributed by atoms with van der Waals surface area (Å²) in [5.74, 6) is 0.622. The van der Waals surface area contributed by atoms with E-state index in [9.17, 15) is 4.79 Å². The molecule has 2 rings (SSSR count). The van der Waals surface area contributed by atoms with Crippen LogP contribution in [0.15, 0.2) is 18.5 Å². The van der Waals surface area contributed by atoms with E-state index in [1.165, 1.54) is 32.1 Å². The first-order valence-corrected chi connectivity index (χ1v) is 6.63. The summed E-state index contributed by atoms with van der Waals surface area (Å²) >= 11 is 0. The molecular weight excluding hydrogens is 226 g/mol. The summed E-state index contributed by atoms with van der Waals surface area (Å²) in [4.78, 5) is 18.0. The van der Waals surface area contributed by atoms with Gasteiger partial charge in [0.25, 0.3) is 5.91 Å². The molecule has 0 aromatic carbocycles. The molecule has 4 heteroatoms. The molecule has 0 unspecified atom stereocenters. The van der Waals surface area contributed by atoms with Gasteiger partial charge in [-0.15, -0.1) is 0 Å². The SMILES string of the molecule is CN(CC1CCCCC1)C(=O)c1cnccc1N. The number of hydrogen-bond donors (Lipinski definition) is 1. The molecule has 0 radical (unpaired) electrons. The Labute approximate surface area is 108 Å². The van der Waals surface area contributed by atoms with Crippen molar-refractivity contribution in [3.8, 4) is 0 Å². The van der Waals surface area contributed by atoms with E-state index in [-0.39, 0.29) is 5.91 Å². The largest absolute Gasteiger partial charge is 0.398 e. The monoisotopic (exact) mass is 247 g/mol. The van der Waals surface area contributed by atoms with Gasteiger partial charge in [0.15, 0.2) is 0 Å². The van der Waals surface area contributed by atoms with E-state index in [4.69, 9.17) is 5.73 Å². The lowest BCUT2D eigenvalue weighted by atomic mass is 9.89. The standard InChI is InChI=1S/C14H21N3O/c1-17(10-11-5-3-2-4-6-11)14(18)12-9-16-8-7-13(12)15/h7-9,11H,2-6,10H2,1H3,(H2,15,16). The van der Waals surface area contributed by atoms with Gasteiger partial charge in [0, 0.05) is 31.7 Å². The highest BCUT2D eigenvalue weighted by Gasteiger charge is 2.20. The minimum atomic E-state index is -0.0221. The van der Waals surface area contributed by atoms with Crippen molar-refractivity contribution < 1.29 is 4.79 Å². The molecule has 0 bridgehead atoms. The molecule has 1 amide bonds. The average Bonchev–Trinajstić information content (AvgIpc) is 2.39. The lowest BCUT2D eigenvalue weighted by Gasteiger charge is -2.27. The lowest BCUT2D eigenvalue weighted by molar-refractivity contribution is 0.0761.